The fraction of sp³-hybridized carbons (Fsp3) is 0.0833. The normalized spacial score (nSPS) is 10.6. The first-order valence-electron chi connectivity index (χ1n) is 5.88. The monoisotopic (exact) mass is 320 g/mol. The van der Waals surface area contributed by atoms with Crippen molar-refractivity contribution in [3.8, 4) is 10.6 Å². The van der Waals surface area contributed by atoms with Gasteiger partial charge < -0.3 is 0 Å². The summed E-state index contributed by atoms with van der Waals surface area (Å²) in [4.78, 5) is 16.1. The van der Waals surface area contributed by atoms with E-state index in [9.17, 15) is 4.79 Å². The molecular weight excluding hydrogens is 312 g/mol. The fourth-order valence-corrected chi connectivity index (χ4v) is 2.70. The summed E-state index contributed by atoms with van der Waals surface area (Å²) in [5, 5.41) is 15.9. The molecule has 0 radical (unpaired) electrons. The molecule has 0 unspecified atom stereocenters. The topological polar surface area (TPSA) is 85.6 Å². The van der Waals surface area contributed by atoms with Crippen LogP contribution in [0.3, 0.4) is 0 Å². The molecule has 3 aromatic heterocycles. The summed E-state index contributed by atoms with van der Waals surface area (Å²) in [6, 6.07) is 3.65. The Hall–Kier alpha value is -2.32. The number of aromatic nitrogens is 5. The zero-order valence-corrected chi connectivity index (χ0v) is 12.4. The van der Waals surface area contributed by atoms with E-state index >= 15 is 0 Å². The van der Waals surface area contributed by atoms with E-state index in [1.54, 1.807) is 19.4 Å². The maximum atomic E-state index is 12.1. The maximum absolute atomic E-state index is 12.1. The van der Waals surface area contributed by atoms with E-state index in [1.165, 1.54) is 22.2 Å². The first-order valence-corrected chi connectivity index (χ1v) is 7.07. The molecular formula is C12H9ClN6OS. The van der Waals surface area contributed by atoms with Gasteiger partial charge in [-0.15, -0.1) is 10.2 Å². The van der Waals surface area contributed by atoms with Crippen LogP contribution in [0.5, 0.6) is 0 Å². The van der Waals surface area contributed by atoms with Crippen LogP contribution in [0, 0.1) is 0 Å². The highest BCUT2D eigenvalue weighted by molar-refractivity contribution is 7.18. The smallest absolute Gasteiger partial charge is 0.277 e. The molecule has 3 rings (SSSR count). The molecule has 0 aliphatic carbocycles. The minimum Gasteiger partial charge on any atom is -0.295 e. The average molecular weight is 321 g/mol. The second-order valence-electron chi connectivity index (χ2n) is 4.07. The summed E-state index contributed by atoms with van der Waals surface area (Å²) in [6.45, 7) is 0. The third-order valence-electron chi connectivity index (χ3n) is 2.68. The van der Waals surface area contributed by atoms with Crippen LogP contribution in [0.4, 0.5) is 5.13 Å². The predicted molar refractivity (Wildman–Crippen MR) is 79.3 cm³/mol. The van der Waals surface area contributed by atoms with Crippen molar-refractivity contribution in [3.05, 3.63) is 41.4 Å². The lowest BCUT2D eigenvalue weighted by atomic mass is 10.3. The first-order chi connectivity index (χ1) is 10.1. The number of anilines is 1. The lowest BCUT2D eigenvalue weighted by Crippen LogP contribution is -2.16. The zero-order chi connectivity index (χ0) is 14.8. The molecule has 21 heavy (non-hydrogen) atoms. The Kier molecular flexibility index (Phi) is 3.63. The summed E-state index contributed by atoms with van der Waals surface area (Å²) in [5.41, 5.74) is 1.17. The highest BCUT2D eigenvalue weighted by Crippen LogP contribution is 2.26. The van der Waals surface area contributed by atoms with Crippen molar-refractivity contribution < 1.29 is 4.79 Å². The number of amides is 1. The Morgan fingerprint density at radius 2 is 2.10 bits per heavy atom. The van der Waals surface area contributed by atoms with Crippen LogP contribution in [0.25, 0.3) is 10.6 Å². The third kappa shape index (κ3) is 2.76. The number of aryl methyl sites for hydroxylation is 1. The number of hydrogen-bond acceptors (Lipinski definition) is 6. The molecule has 0 atom stereocenters. The summed E-state index contributed by atoms with van der Waals surface area (Å²) in [7, 11) is 1.64. The quantitative estimate of drug-likeness (QED) is 0.800. The van der Waals surface area contributed by atoms with Crippen molar-refractivity contribution >= 4 is 34.0 Å². The number of carbonyl (C=O) groups is 1. The van der Waals surface area contributed by atoms with Gasteiger partial charge in [0, 0.05) is 25.0 Å². The molecule has 0 aromatic carbocycles. The van der Waals surface area contributed by atoms with E-state index in [2.05, 4.69) is 25.6 Å². The van der Waals surface area contributed by atoms with E-state index in [4.69, 9.17) is 11.6 Å². The number of hydrogen-bond donors (Lipinski definition) is 1. The number of nitrogens with zero attached hydrogens (tertiary/aromatic N) is 5. The van der Waals surface area contributed by atoms with Gasteiger partial charge in [-0.3, -0.25) is 19.8 Å². The van der Waals surface area contributed by atoms with Gasteiger partial charge in [0.25, 0.3) is 5.91 Å². The van der Waals surface area contributed by atoms with Gasteiger partial charge in [-0.25, -0.2) is 0 Å². The second kappa shape index (κ2) is 5.58. The summed E-state index contributed by atoms with van der Waals surface area (Å²) >= 11 is 7.19. The van der Waals surface area contributed by atoms with E-state index < -0.39 is 0 Å². The molecule has 3 aromatic rings. The van der Waals surface area contributed by atoms with Gasteiger partial charge in [0.05, 0.1) is 11.2 Å². The van der Waals surface area contributed by atoms with E-state index in [0.717, 1.165) is 5.56 Å². The number of nitrogens with one attached hydrogen (secondary N) is 1. The second-order valence-corrected chi connectivity index (χ2v) is 5.45. The van der Waals surface area contributed by atoms with Crippen molar-refractivity contribution in [2.75, 3.05) is 5.32 Å². The Bertz CT molecular complexity index is 765. The summed E-state index contributed by atoms with van der Waals surface area (Å²) < 4.78 is 1.41. The van der Waals surface area contributed by atoms with Crippen LogP contribution < -0.4 is 5.32 Å². The van der Waals surface area contributed by atoms with Crippen LogP contribution in [-0.4, -0.2) is 30.9 Å². The highest BCUT2D eigenvalue weighted by Gasteiger charge is 2.17. The molecule has 0 saturated heterocycles. The van der Waals surface area contributed by atoms with Crippen LogP contribution >= 0.6 is 22.9 Å². The number of rotatable bonds is 3. The fourth-order valence-electron chi connectivity index (χ4n) is 1.71. The van der Waals surface area contributed by atoms with Crippen molar-refractivity contribution in [3.63, 3.8) is 0 Å². The molecule has 0 fully saturated rings. The molecule has 106 valence electrons. The van der Waals surface area contributed by atoms with Crippen molar-refractivity contribution in [1.29, 1.82) is 0 Å². The first kappa shape index (κ1) is 13.7. The van der Waals surface area contributed by atoms with Crippen LogP contribution in [0.2, 0.25) is 5.02 Å². The Labute approximate surface area is 128 Å². The number of carbonyl (C=O) groups excluding carboxylic acids is 1. The van der Waals surface area contributed by atoms with Gasteiger partial charge >= 0.3 is 0 Å². The van der Waals surface area contributed by atoms with Crippen LogP contribution in [0.15, 0.2) is 30.7 Å². The van der Waals surface area contributed by atoms with Gasteiger partial charge in [-0.1, -0.05) is 22.9 Å². The third-order valence-corrected chi connectivity index (χ3v) is 3.85. The molecule has 0 bridgehead atoms. The van der Waals surface area contributed by atoms with Crippen LogP contribution in [0.1, 0.15) is 10.5 Å². The van der Waals surface area contributed by atoms with Crippen molar-refractivity contribution in [1.82, 2.24) is 25.0 Å². The highest BCUT2D eigenvalue weighted by atomic mass is 35.5. The van der Waals surface area contributed by atoms with Crippen molar-refractivity contribution in [2.24, 2.45) is 7.05 Å². The molecule has 0 spiro atoms. The van der Waals surface area contributed by atoms with Crippen LogP contribution in [-0.2, 0) is 7.05 Å². The lowest BCUT2D eigenvalue weighted by Gasteiger charge is -2.01. The molecule has 0 aliphatic heterocycles. The van der Waals surface area contributed by atoms with E-state index in [1.807, 2.05) is 12.1 Å². The summed E-state index contributed by atoms with van der Waals surface area (Å²) in [6.07, 6.45) is 4.76. The molecule has 9 heteroatoms. The Balaban J connectivity index is 1.81. The van der Waals surface area contributed by atoms with E-state index in [-0.39, 0.29) is 16.6 Å². The molecule has 0 saturated carbocycles. The van der Waals surface area contributed by atoms with Gasteiger partial charge in [-0.05, 0) is 12.1 Å². The molecule has 3 heterocycles. The zero-order valence-electron chi connectivity index (χ0n) is 10.8. The number of halogens is 1. The Morgan fingerprint density at radius 1 is 1.33 bits per heavy atom. The summed E-state index contributed by atoms with van der Waals surface area (Å²) in [5.74, 6) is -0.377. The maximum Gasteiger partial charge on any atom is 0.277 e. The standard InChI is InChI=1S/C12H9ClN6OS/c1-19-9(8(13)6-15-19)10(20)16-12-18-17-11(21-12)7-2-4-14-5-3-7/h2-6H,1H3,(H,16,18,20). The predicted octanol–water partition coefficient (Wildman–Crippen LogP) is 2.24. The largest absolute Gasteiger partial charge is 0.295 e. The van der Waals surface area contributed by atoms with Gasteiger partial charge in [0.1, 0.15) is 10.7 Å². The van der Waals surface area contributed by atoms with Gasteiger partial charge in [0.2, 0.25) is 5.13 Å². The minimum atomic E-state index is -0.377. The Morgan fingerprint density at radius 3 is 2.76 bits per heavy atom. The molecule has 1 N–H and O–H groups in total. The van der Waals surface area contributed by atoms with E-state index in [0.29, 0.717) is 10.1 Å². The van der Waals surface area contributed by atoms with Gasteiger partial charge in [-0.2, -0.15) is 5.10 Å². The molecule has 0 aliphatic rings. The SMILES string of the molecule is Cn1ncc(Cl)c1C(=O)Nc1nnc(-c2ccncc2)s1. The minimum absolute atomic E-state index is 0.275. The lowest BCUT2D eigenvalue weighted by molar-refractivity contribution is 0.101. The molecule has 7 nitrogen and oxygen atoms in total. The average Bonchev–Trinajstić information content (AvgIpc) is 3.07. The number of pyridine rings is 1. The molecule has 1 amide bonds. The van der Waals surface area contributed by atoms with Crippen molar-refractivity contribution in [2.45, 2.75) is 0 Å². The van der Waals surface area contributed by atoms with Gasteiger partial charge in [0.15, 0.2) is 0 Å².